The number of ether oxygens (including phenoxy) is 1. The number of carbonyl (C=O) groups excluding carboxylic acids is 2. The molecule has 0 fully saturated rings. The van der Waals surface area contributed by atoms with Gasteiger partial charge in [0, 0.05) is 31.9 Å². The summed E-state index contributed by atoms with van der Waals surface area (Å²) in [5, 5.41) is 16.4. The molecule has 2 aromatic heterocycles. The summed E-state index contributed by atoms with van der Waals surface area (Å²) in [5.74, 6) is -1.09. The van der Waals surface area contributed by atoms with Gasteiger partial charge in [0.15, 0.2) is 11.5 Å². The van der Waals surface area contributed by atoms with E-state index in [1.807, 2.05) is 6.92 Å². The standard InChI is InChI=1S/C26H32N6O7S/c1-15-12-32(16(2)14-33)26(35)19-7-6-8-20(29-25(34)21-11-27-9-10-28-21)23(19)38-22(15)13-31(5)40(36,37)24-17(3)30-39-18(24)4/h6-11,15-16,22,33H,12-14H2,1-5H3,(H,29,34)/t15-,16-,22-/m0/s1. The van der Waals surface area contributed by atoms with Crippen LogP contribution in [0.5, 0.6) is 5.75 Å². The van der Waals surface area contributed by atoms with Gasteiger partial charge < -0.3 is 24.6 Å². The third-order valence-electron chi connectivity index (χ3n) is 6.81. The van der Waals surface area contributed by atoms with Crippen molar-refractivity contribution < 1.29 is 32.4 Å². The van der Waals surface area contributed by atoms with Crippen LogP contribution in [0.1, 0.15) is 46.1 Å². The van der Waals surface area contributed by atoms with Gasteiger partial charge in [-0.1, -0.05) is 18.1 Å². The average Bonchev–Trinajstić information content (AvgIpc) is 3.29. The number of nitrogens with zero attached hydrogens (tertiary/aromatic N) is 5. The molecular formula is C26H32N6O7S. The zero-order valence-corrected chi connectivity index (χ0v) is 23.7. The molecule has 0 radical (unpaired) electrons. The number of aromatic nitrogens is 3. The van der Waals surface area contributed by atoms with Crippen LogP contribution in [0.3, 0.4) is 0 Å². The summed E-state index contributed by atoms with van der Waals surface area (Å²) in [6.45, 7) is 6.45. The lowest BCUT2D eigenvalue weighted by molar-refractivity contribution is 0.0388. The summed E-state index contributed by atoms with van der Waals surface area (Å²) >= 11 is 0. The highest BCUT2D eigenvalue weighted by atomic mass is 32.2. The smallest absolute Gasteiger partial charge is 0.275 e. The minimum atomic E-state index is -4.00. The van der Waals surface area contributed by atoms with Crippen LogP contribution in [0.25, 0.3) is 0 Å². The van der Waals surface area contributed by atoms with Crippen LogP contribution in [-0.2, 0) is 10.0 Å². The van der Waals surface area contributed by atoms with E-state index in [1.54, 1.807) is 32.0 Å². The lowest BCUT2D eigenvalue weighted by Crippen LogP contribution is -2.50. The fraction of sp³-hybridized carbons (Fsp3) is 0.423. The Bertz CT molecular complexity index is 1470. The van der Waals surface area contributed by atoms with Crippen LogP contribution < -0.4 is 10.1 Å². The molecule has 1 aliphatic rings. The van der Waals surface area contributed by atoms with Crippen molar-refractivity contribution in [2.75, 3.05) is 32.1 Å². The molecule has 2 amide bonds. The third kappa shape index (κ3) is 5.69. The summed E-state index contributed by atoms with van der Waals surface area (Å²) in [6, 6.07) is 4.21. The van der Waals surface area contributed by atoms with Crippen molar-refractivity contribution in [3.8, 4) is 5.75 Å². The highest BCUT2D eigenvalue weighted by molar-refractivity contribution is 7.89. The van der Waals surface area contributed by atoms with E-state index < -0.39 is 34.0 Å². The summed E-state index contributed by atoms with van der Waals surface area (Å²) < 4.78 is 39.5. The van der Waals surface area contributed by atoms with Gasteiger partial charge in [-0.25, -0.2) is 13.4 Å². The molecule has 13 nitrogen and oxygen atoms in total. The first-order chi connectivity index (χ1) is 18.9. The Hall–Kier alpha value is -3.88. The first kappa shape index (κ1) is 29.1. The van der Waals surface area contributed by atoms with E-state index >= 15 is 0 Å². The van der Waals surface area contributed by atoms with Gasteiger partial charge in [-0.3, -0.25) is 14.6 Å². The molecule has 4 rings (SSSR count). The number of benzene rings is 1. The lowest BCUT2D eigenvalue weighted by atomic mass is 9.99. The topological polar surface area (TPSA) is 168 Å². The number of carbonyl (C=O) groups is 2. The number of sulfonamides is 1. The second kappa shape index (κ2) is 11.7. The van der Waals surface area contributed by atoms with Gasteiger partial charge in [0.05, 0.1) is 36.6 Å². The molecule has 0 saturated heterocycles. The monoisotopic (exact) mass is 572 g/mol. The second-order valence-electron chi connectivity index (χ2n) is 9.79. The van der Waals surface area contributed by atoms with Gasteiger partial charge in [-0.2, -0.15) is 4.31 Å². The van der Waals surface area contributed by atoms with E-state index in [-0.39, 0.29) is 64.7 Å². The number of likely N-dealkylation sites (N-methyl/N-ethyl adjacent to an activating group) is 1. The number of rotatable bonds is 8. The van der Waals surface area contributed by atoms with Crippen molar-refractivity contribution >= 4 is 27.5 Å². The van der Waals surface area contributed by atoms with E-state index in [9.17, 15) is 23.1 Å². The summed E-state index contributed by atoms with van der Waals surface area (Å²) in [6.07, 6.45) is 3.37. The Labute approximate surface area is 232 Å². The van der Waals surface area contributed by atoms with Gasteiger partial charge >= 0.3 is 0 Å². The van der Waals surface area contributed by atoms with Crippen LogP contribution in [-0.4, -0.2) is 88.6 Å². The summed E-state index contributed by atoms with van der Waals surface area (Å²) in [7, 11) is -2.57. The maximum atomic E-state index is 13.6. The molecule has 0 bridgehead atoms. The zero-order chi connectivity index (χ0) is 29.2. The fourth-order valence-corrected chi connectivity index (χ4v) is 5.98. The molecular weight excluding hydrogens is 540 g/mol. The molecule has 1 aromatic carbocycles. The molecule has 1 aliphatic heterocycles. The number of hydrogen-bond acceptors (Lipinski definition) is 10. The highest BCUT2D eigenvalue weighted by Crippen LogP contribution is 2.35. The van der Waals surface area contributed by atoms with Crippen LogP contribution >= 0.6 is 0 Å². The lowest BCUT2D eigenvalue weighted by Gasteiger charge is -2.38. The van der Waals surface area contributed by atoms with Gasteiger partial charge in [-0.05, 0) is 32.9 Å². The van der Waals surface area contributed by atoms with Crippen LogP contribution in [0.15, 0.2) is 46.2 Å². The van der Waals surface area contributed by atoms with E-state index in [0.717, 1.165) is 4.31 Å². The molecule has 3 atom stereocenters. The number of amides is 2. The normalized spacial score (nSPS) is 18.5. The SMILES string of the molecule is Cc1noc(C)c1S(=O)(=O)N(C)C[C@@H]1Oc2c(NC(=O)c3cnccn3)cccc2C(=O)N([C@@H](C)CO)C[C@@H]1C. The number of anilines is 1. The third-order valence-corrected chi connectivity index (χ3v) is 8.88. The molecule has 0 spiro atoms. The Kier molecular flexibility index (Phi) is 8.51. The van der Waals surface area contributed by atoms with Gasteiger partial charge in [0.2, 0.25) is 10.0 Å². The van der Waals surface area contributed by atoms with Crippen molar-refractivity contribution in [1.82, 2.24) is 24.3 Å². The molecule has 0 unspecified atom stereocenters. The maximum absolute atomic E-state index is 13.6. The van der Waals surface area contributed by atoms with Gasteiger partial charge in [-0.15, -0.1) is 0 Å². The first-order valence-electron chi connectivity index (χ1n) is 12.6. The van der Waals surface area contributed by atoms with Crippen molar-refractivity contribution in [3.05, 3.63) is 59.5 Å². The number of aliphatic hydroxyl groups excluding tert-OH is 1. The Morgan fingerprint density at radius 1 is 1.30 bits per heavy atom. The molecule has 40 heavy (non-hydrogen) atoms. The maximum Gasteiger partial charge on any atom is 0.275 e. The van der Waals surface area contributed by atoms with Crippen molar-refractivity contribution in [1.29, 1.82) is 0 Å². The van der Waals surface area contributed by atoms with Crippen LogP contribution in [0.2, 0.25) is 0 Å². The number of fused-ring (bicyclic) bond motifs is 1. The molecule has 14 heteroatoms. The van der Waals surface area contributed by atoms with E-state index in [2.05, 4.69) is 20.4 Å². The number of aliphatic hydroxyl groups is 1. The minimum absolute atomic E-state index is 0.0171. The Balaban J connectivity index is 1.74. The fourth-order valence-electron chi connectivity index (χ4n) is 4.51. The van der Waals surface area contributed by atoms with E-state index in [1.165, 1.54) is 37.5 Å². The van der Waals surface area contributed by atoms with Crippen molar-refractivity contribution in [2.45, 2.75) is 44.7 Å². The first-order valence-corrected chi connectivity index (χ1v) is 14.1. The summed E-state index contributed by atoms with van der Waals surface area (Å²) in [5.41, 5.74) is 0.658. The number of hydrogen-bond donors (Lipinski definition) is 2. The van der Waals surface area contributed by atoms with Crippen LogP contribution in [0.4, 0.5) is 5.69 Å². The molecule has 0 saturated carbocycles. The quantitative estimate of drug-likeness (QED) is 0.406. The second-order valence-corrected chi connectivity index (χ2v) is 11.8. The molecule has 214 valence electrons. The number of aryl methyl sites for hydroxylation is 2. The van der Waals surface area contributed by atoms with Gasteiger partial charge in [0.25, 0.3) is 11.8 Å². The number of para-hydroxylation sites is 1. The molecule has 0 aliphatic carbocycles. The minimum Gasteiger partial charge on any atom is -0.486 e. The van der Waals surface area contributed by atoms with E-state index in [0.29, 0.717) is 0 Å². The predicted molar refractivity (Wildman–Crippen MR) is 143 cm³/mol. The predicted octanol–water partition coefficient (Wildman–Crippen LogP) is 1.87. The Morgan fingerprint density at radius 3 is 2.67 bits per heavy atom. The number of nitrogens with one attached hydrogen (secondary N) is 1. The van der Waals surface area contributed by atoms with Crippen molar-refractivity contribution in [3.63, 3.8) is 0 Å². The molecule has 3 aromatic rings. The largest absolute Gasteiger partial charge is 0.486 e. The zero-order valence-electron chi connectivity index (χ0n) is 22.9. The molecule has 2 N–H and O–H groups in total. The van der Waals surface area contributed by atoms with Gasteiger partial charge in [0.1, 0.15) is 22.4 Å². The summed E-state index contributed by atoms with van der Waals surface area (Å²) in [4.78, 5) is 36.0. The Morgan fingerprint density at radius 2 is 2.05 bits per heavy atom. The van der Waals surface area contributed by atoms with E-state index in [4.69, 9.17) is 9.26 Å². The average molecular weight is 573 g/mol. The van der Waals surface area contributed by atoms with Crippen molar-refractivity contribution in [2.24, 2.45) is 5.92 Å². The highest BCUT2D eigenvalue weighted by Gasteiger charge is 2.37. The van der Waals surface area contributed by atoms with Crippen LogP contribution in [0, 0.1) is 19.8 Å². The molecule has 3 heterocycles.